The van der Waals surface area contributed by atoms with Crippen LogP contribution in [0.4, 0.5) is 0 Å². The number of carbonyl (C=O) groups is 1. The van der Waals surface area contributed by atoms with Crippen LogP contribution in [0.15, 0.2) is 18.2 Å². The van der Waals surface area contributed by atoms with Gasteiger partial charge in [-0.15, -0.1) is 11.3 Å². The van der Waals surface area contributed by atoms with E-state index in [4.69, 9.17) is 14.9 Å². The summed E-state index contributed by atoms with van der Waals surface area (Å²) < 4.78 is 5.55. The van der Waals surface area contributed by atoms with Gasteiger partial charge in [0.1, 0.15) is 0 Å². The molecule has 0 amide bonds. The van der Waals surface area contributed by atoms with Crippen molar-refractivity contribution in [3.8, 4) is 0 Å². The molecule has 21 heavy (non-hydrogen) atoms. The summed E-state index contributed by atoms with van der Waals surface area (Å²) in [5, 5.41) is 17.4. The molecule has 0 radical (unpaired) electrons. The molecule has 0 saturated carbocycles. The molecular weight excluding hydrogens is 290 g/mol. The predicted molar refractivity (Wildman–Crippen MR) is 82.3 cm³/mol. The monoisotopic (exact) mass is 311 g/mol. The van der Waals surface area contributed by atoms with E-state index in [2.05, 4.69) is 11.0 Å². The fourth-order valence-electron chi connectivity index (χ4n) is 2.40. The summed E-state index contributed by atoms with van der Waals surface area (Å²) in [5.41, 5.74) is 0. The van der Waals surface area contributed by atoms with Crippen molar-refractivity contribution in [3.05, 3.63) is 28.0 Å². The standard InChI is InChI=1S/C15H21NO4S/c17-9-10-20-12-5-7-16(8-6-12)11-14-2-1-13(21-14)3-4-15(18)19/h1-4,12,17H,5-11H2,(H,18,19)/b4-3+. The highest BCUT2D eigenvalue weighted by atomic mass is 32.1. The largest absolute Gasteiger partial charge is 0.478 e. The highest BCUT2D eigenvalue weighted by molar-refractivity contribution is 7.12. The average Bonchev–Trinajstić information content (AvgIpc) is 2.92. The lowest BCUT2D eigenvalue weighted by molar-refractivity contribution is -0.131. The lowest BCUT2D eigenvalue weighted by Gasteiger charge is -2.31. The molecule has 1 aromatic heterocycles. The van der Waals surface area contributed by atoms with Crippen LogP contribution in [0.3, 0.4) is 0 Å². The molecule has 1 aliphatic rings. The Balaban J connectivity index is 1.77. The quantitative estimate of drug-likeness (QED) is 0.752. The number of aliphatic hydroxyl groups is 1. The van der Waals surface area contributed by atoms with Gasteiger partial charge in [0.25, 0.3) is 0 Å². The van der Waals surface area contributed by atoms with E-state index in [9.17, 15) is 4.79 Å². The number of nitrogens with zero attached hydrogens (tertiary/aromatic N) is 1. The number of aliphatic hydroxyl groups excluding tert-OH is 1. The summed E-state index contributed by atoms with van der Waals surface area (Å²) in [6.45, 7) is 3.40. The van der Waals surface area contributed by atoms with E-state index in [1.165, 1.54) is 11.0 Å². The van der Waals surface area contributed by atoms with Gasteiger partial charge in [-0.1, -0.05) is 0 Å². The van der Waals surface area contributed by atoms with Crippen LogP contribution in [0, 0.1) is 0 Å². The van der Waals surface area contributed by atoms with Gasteiger partial charge in [-0.2, -0.15) is 0 Å². The summed E-state index contributed by atoms with van der Waals surface area (Å²) in [4.78, 5) is 15.1. The maximum Gasteiger partial charge on any atom is 0.328 e. The first kappa shape index (κ1) is 16.2. The minimum absolute atomic E-state index is 0.0854. The third-order valence-corrected chi connectivity index (χ3v) is 4.47. The van der Waals surface area contributed by atoms with E-state index in [0.717, 1.165) is 37.4 Å². The van der Waals surface area contributed by atoms with Crippen molar-refractivity contribution in [1.29, 1.82) is 0 Å². The molecule has 2 rings (SSSR count). The Kier molecular flexibility index (Phi) is 6.38. The first-order valence-electron chi connectivity index (χ1n) is 7.12. The second kappa shape index (κ2) is 8.29. The molecule has 1 aromatic rings. The predicted octanol–water partition coefficient (Wildman–Crippen LogP) is 1.82. The lowest BCUT2D eigenvalue weighted by atomic mass is 10.1. The number of rotatable bonds is 7. The Hall–Kier alpha value is -1.21. The number of aliphatic carboxylic acids is 1. The molecule has 0 atom stereocenters. The van der Waals surface area contributed by atoms with Crippen molar-refractivity contribution in [2.24, 2.45) is 0 Å². The van der Waals surface area contributed by atoms with Crippen LogP contribution in [-0.2, 0) is 16.1 Å². The van der Waals surface area contributed by atoms with Gasteiger partial charge in [0.2, 0.25) is 0 Å². The maximum absolute atomic E-state index is 10.5. The molecule has 1 fully saturated rings. The van der Waals surface area contributed by atoms with E-state index in [1.807, 2.05) is 6.07 Å². The smallest absolute Gasteiger partial charge is 0.328 e. The molecule has 5 nitrogen and oxygen atoms in total. The van der Waals surface area contributed by atoms with Crippen molar-refractivity contribution in [2.45, 2.75) is 25.5 Å². The summed E-state index contributed by atoms with van der Waals surface area (Å²) in [7, 11) is 0. The Bertz CT molecular complexity index is 478. The van der Waals surface area contributed by atoms with Crippen molar-refractivity contribution < 1.29 is 19.7 Å². The van der Waals surface area contributed by atoms with Gasteiger partial charge in [-0.25, -0.2) is 4.79 Å². The average molecular weight is 311 g/mol. The Morgan fingerprint density at radius 3 is 2.86 bits per heavy atom. The lowest BCUT2D eigenvalue weighted by Crippen LogP contribution is -2.36. The zero-order valence-corrected chi connectivity index (χ0v) is 12.7. The van der Waals surface area contributed by atoms with E-state index >= 15 is 0 Å². The molecule has 0 unspecified atom stereocenters. The minimum atomic E-state index is -0.921. The number of hydrogen-bond donors (Lipinski definition) is 2. The van der Waals surface area contributed by atoms with Crippen molar-refractivity contribution >= 4 is 23.4 Å². The number of thiophene rings is 1. The van der Waals surface area contributed by atoms with Gasteiger partial charge < -0.3 is 14.9 Å². The zero-order chi connectivity index (χ0) is 15.1. The highest BCUT2D eigenvalue weighted by Crippen LogP contribution is 2.22. The van der Waals surface area contributed by atoms with Gasteiger partial charge in [0.05, 0.1) is 19.3 Å². The van der Waals surface area contributed by atoms with Gasteiger partial charge >= 0.3 is 5.97 Å². The molecule has 0 spiro atoms. The summed E-state index contributed by atoms with van der Waals surface area (Å²) in [6, 6.07) is 4.01. The van der Waals surface area contributed by atoms with Crippen LogP contribution < -0.4 is 0 Å². The van der Waals surface area contributed by atoms with Crippen LogP contribution in [-0.4, -0.2) is 53.5 Å². The molecule has 116 valence electrons. The summed E-state index contributed by atoms with van der Waals surface area (Å²) in [5.74, 6) is -0.921. The first-order chi connectivity index (χ1) is 10.2. The van der Waals surface area contributed by atoms with Crippen molar-refractivity contribution in [2.75, 3.05) is 26.3 Å². The van der Waals surface area contributed by atoms with E-state index in [0.29, 0.717) is 6.61 Å². The fraction of sp³-hybridized carbons (Fsp3) is 0.533. The number of hydrogen-bond acceptors (Lipinski definition) is 5. The van der Waals surface area contributed by atoms with Crippen LogP contribution in [0.2, 0.25) is 0 Å². The molecule has 1 aliphatic heterocycles. The number of ether oxygens (including phenoxy) is 1. The normalized spacial score (nSPS) is 17.6. The molecule has 2 heterocycles. The molecule has 0 bridgehead atoms. The summed E-state index contributed by atoms with van der Waals surface area (Å²) in [6.07, 6.45) is 5.06. The molecule has 0 aromatic carbocycles. The molecule has 1 saturated heterocycles. The number of piperidine rings is 1. The zero-order valence-electron chi connectivity index (χ0n) is 11.9. The SMILES string of the molecule is O=C(O)/C=C/c1ccc(CN2CCC(OCCO)CC2)s1. The van der Waals surface area contributed by atoms with Crippen LogP contribution >= 0.6 is 11.3 Å². The maximum atomic E-state index is 10.5. The molecule has 0 aliphatic carbocycles. The summed E-state index contributed by atoms with van der Waals surface area (Å²) >= 11 is 1.63. The third-order valence-electron chi connectivity index (χ3n) is 3.43. The Morgan fingerprint density at radius 1 is 1.43 bits per heavy atom. The van der Waals surface area contributed by atoms with Crippen LogP contribution in [0.25, 0.3) is 6.08 Å². The number of likely N-dealkylation sites (tertiary alicyclic amines) is 1. The van der Waals surface area contributed by atoms with Gasteiger partial charge in [-0.3, -0.25) is 4.90 Å². The highest BCUT2D eigenvalue weighted by Gasteiger charge is 2.19. The molecular formula is C15H21NO4S. The van der Waals surface area contributed by atoms with Gasteiger partial charge in [0.15, 0.2) is 0 Å². The minimum Gasteiger partial charge on any atom is -0.478 e. The van der Waals surface area contributed by atoms with Crippen LogP contribution in [0.5, 0.6) is 0 Å². The third kappa shape index (κ3) is 5.59. The van der Waals surface area contributed by atoms with Gasteiger partial charge in [-0.05, 0) is 31.1 Å². The van der Waals surface area contributed by atoms with Crippen molar-refractivity contribution in [3.63, 3.8) is 0 Å². The molecule has 6 heteroatoms. The topological polar surface area (TPSA) is 70.0 Å². The number of carboxylic acids is 1. The first-order valence-corrected chi connectivity index (χ1v) is 7.93. The van der Waals surface area contributed by atoms with Crippen LogP contribution in [0.1, 0.15) is 22.6 Å². The number of carboxylic acid groups (broad SMARTS) is 1. The Labute approximate surface area is 128 Å². The van der Waals surface area contributed by atoms with Gasteiger partial charge in [0, 0.05) is 35.5 Å². The van der Waals surface area contributed by atoms with E-state index in [1.54, 1.807) is 17.4 Å². The van der Waals surface area contributed by atoms with E-state index < -0.39 is 5.97 Å². The molecule has 2 N–H and O–H groups in total. The second-order valence-electron chi connectivity index (χ2n) is 5.05. The fourth-order valence-corrected chi connectivity index (χ4v) is 3.35. The Morgan fingerprint density at radius 2 is 2.19 bits per heavy atom. The van der Waals surface area contributed by atoms with Crippen molar-refractivity contribution in [1.82, 2.24) is 4.90 Å². The second-order valence-corrected chi connectivity index (χ2v) is 6.25. The van der Waals surface area contributed by atoms with E-state index in [-0.39, 0.29) is 12.7 Å².